The van der Waals surface area contributed by atoms with Crippen LogP contribution in [0.15, 0.2) is 35.2 Å². The second-order valence-electron chi connectivity index (χ2n) is 6.11. The summed E-state index contributed by atoms with van der Waals surface area (Å²) < 4.78 is 24.5. The van der Waals surface area contributed by atoms with Crippen LogP contribution in [0, 0.1) is 0 Å². The van der Waals surface area contributed by atoms with E-state index in [1.807, 2.05) is 0 Å². The van der Waals surface area contributed by atoms with Crippen molar-refractivity contribution in [2.24, 2.45) is 0 Å². The third-order valence-electron chi connectivity index (χ3n) is 4.39. The quantitative estimate of drug-likeness (QED) is 0.862. The maximum atomic E-state index is 12.3. The Morgan fingerprint density at radius 3 is 2.75 bits per heavy atom. The van der Waals surface area contributed by atoms with Crippen molar-refractivity contribution in [3.05, 3.63) is 47.3 Å². The number of aromatic amines is 1. The topological polar surface area (TPSA) is 83.1 Å². The number of carbonyl (C=O) groups is 1. The molecule has 0 saturated carbocycles. The lowest BCUT2D eigenvalue weighted by Crippen LogP contribution is -2.28. The highest BCUT2D eigenvalue weighted by molar-refractivity contribution is 7.91. The molecule has 2 aromatic rings. The Morgan fingerprint density at radius 1 is 1.25 bits per heavy atom. The molecule has 3 rings (SSSR count). The number of rotatable bonds is 6. The number of sulfone groups is 1. The molecule has 0 spiro atoms. The van der Waals surface area contributed by atoms with Gasteiger partial charge in [-0.05, 0) is 37.0 Å². The van der Waals surface area contributed by atoms with Gasteiger partial charge in [0.1, 0.15) is 0 Å². The van der Waals surface area contributed by atoms with Crippen molar-refractivity contribution < 1.29 is 13.2 Å². The van der Waals surface area contributed by atoms with E-state index in [0.29, 0.717) is 6.54 Å². The van der Waals surface area contributed by atoms with E-state index >= 15 is 0 Å². The predicted molar refractivity (Wildman–Crippen MR) is 90.2 cm³/mol. The minimum atomic E-state index is -3.43. The summed E-state index contributed by atoms with van der Waals surface area (Å²) in [5, 5.41) is 7.30. The second kappa shape index (κ2) is 6.76. The van der Waals surface area contributed by atoms with Crippen molar-refractivity contribution in [1.82, 2.24) is 15.1 Å². The highest BCUT2D eigenvalue weighted by Crippen LogP contribution is 2.23. The van der Waals surface area contributed by atoms with E-state index in [1.165, 1.54) is 5.56 Å². The Bertz CT molecular complexity index is 828. The predicted octanol–water partition coefficient (Wildman–Crippen LogP) is 1.72. The molecule has 1 aromatic heterocycles. The van der Waals surface area contributed by atoms with Crippen molar-refractivity contribution >= 4 is 15.7 Å². The number of amides is 1. The molecule has 128 valence electrons. The van der Waals surface area contributed by atoms with Gasteiger partial charge in [-0.2, -0.15) is 5.10 Å². The zero-order valence-corrected chi connectivity index (χ0v) is 14.5. The Balaban J connectivity index is 1.58. The summed E-state index contributed by atoms with van der Waals surface area (Å²) in [6.07, 6.45) is 3.09. The highest BCUT2D eigenvalue weighted by atomic mass is 32.2. The second-order valence-corrected chi connectivity index (χ2v) is 8.22. The van der Waals surface area contributed by atoms with Crippen molar-refractivity contribution in [3.8, 4) is 0 Å². The largest absolute Gasteiger partial charge is 0.340 e. The molecule has 0 radical (unpaired) electrons. The van der Waals surface area contributed by atoms with Gasteiger partial charge in [0.2, 0.25) is 5.91 Å². The summed E-state index contributed by atoms with van der Waals surface area (Å²) in [5.41, 5.74) is 3.27. The van der Waals surface area contributed by atoms with E-state index in [2.05, 4.69) is 10.2 Å². The summed E-state index contributed by atoms with van der Waals surface area (Å²) in [4.78, 5) is 14.1. The number of carbonyl (C=O) groups excluding carboxylic acids is 1. The Morgan fingerprint density at radius 2 is 2.00 bits per heavy atom. The number of hydrogen-bond acceptors (Lipinski definition) is 4. The number of hydrogen-bond donors (Lipinski definition) is 1. The number of fused-ring (bicyclic) bond motifs is 1. The van der Waals surface area contributed by atoms with E-state index in [0.717, 1.165) is 30.7 Å². The SMILES string of the molecule is CN(Cc1n[nH]c2c1CCC2)C(=O)CCS(=O)(=O)c1ccccc1. The number of H-pyrrole nitrogens is 1. The van der Waals surface area contributed by atoms with Crippen molar-refractivity contribution in [2.75, 3.05) is 12.8 Å². The first-order valence-corrected chi connectivity index (χ1v) is 9.69. The minimum Gasteiger partial charge on any atom is -0.340 e. The summed E-state index contributed by atoms with van der Waals surface area (Å²) in [5.74, 6) is -0.372. The van der Waals surface area contributed by atoms with Crippen LogP contribution in [0.1, 0.15) is 29.8 Å². The maximum Gasteiger partial charge on any atom is 0.223 e. The van der Waals surface area contributed by atoms with Crippen LogP contribution in [0.2, 0.25) is 0 Å². The van der Waals surface area contributed by atoms with Gasteiger partial charge in [0.05, 0.1) is 22.9 Å². The third-order valence-corrected chi connectivity index (χ3v) is 6.12. The Hall–Kier alpha value is -2.15. The van der Waals surface area contributed by atoms with Gasteiger partial charge in [-0.3, -0.25) is 9.89 Å². The zero-order chi connectivity index (χ0) is 17.2. The van der Waals surface area contributed by atoms with Crippen LogP contribution in [-0.4, -0.2) is 42.2 Å². The van der Waals surface area contributed by atoms with Crippen LogP contribution in [0.3, 0.4) is 0 Å². The van der Waals surface area contributed by atoms with E-state index in [9.17, 15) is 13.2 Å². The van der Waals surface area contributed by atoms with Crippen LogP contribution < -0.4 is 0 Å². The molecule has 1 amide bonds. The number of nitrogens with zero attached hydrogens (tertiary/aromatic N) is 2. The molecule has 0 atom stereocenters. The monoisotopic (exact) mass is 347 g/mol. The summed E-state index contributed by atoms with van der Waals surface area (Å²) >= 11 is 0. The Kier molecular flexibility index (Phi) is 4.71. The molecule has 0 bridgehead atoms. The fraction of sp³-hybridized carbons (Fsp3) is 0.412. The van der Waals surface area contributed by atoms with Gasteiger partial charge >= 0.3 is 0 Å². The van der Waals surface area contributed by atoms with E-state index in [1.54, 1.807) is 42.3 Å². The van der Waals surface area contributed by atoms with Crippen molar-refractivity contribution in [3.63, 3.8) is 0 Å². The molecule has 0 unspecified atom stereocenters. The maximum absolute atomic E-state index is 12.3. The lowest BCUT2D eigenvalue weighted by Gasteiger charge is -2.16. The molecule has 0 fully saturated rings. The molecule has 0 saturated heterocycles. The average molecular weight is 347 g/mol. The first kappa shape index (κ1) is 16.7. The smallest absolute Gasteiger partial charge is 0.223 e. The number of aromatic nitrogens is 2. The summed E-state index contributed by atoms with van der Waals surface area (Å²) in [6, 6.07) is 8.23. The van der Waals surface area contributed by atoms with Gasteiger partial charge in [0, 0.05) is 19.2 Å². The molecular formula is C17H21N3O3S. The van der Waals surface area contributed by atoms with Gasteiger partial charge in [0.25, 0.3) is 0 Å². The summed E-state index contributed by atoms with van der Waals surface area (Å²) in [7, 11) is -1.74. The fourth-order valence-corrected chi connectivity index (χ4v) is 4.24. The van der Waals surface area contributed by atoms with Gasteiger partial charge < -0.3 is 4.90 Å². The van der Waals surface area contributed by atoms with E-state index in [-0.39, 0.29) is 23.0 Å². The zero-order valence-electron chi connectivity index (χ0n) is 13.7. The number of nitrogens with one attached hydrogen (secondary N) is 1. The van der Waals surface area contributed by atoms with E-state index < -0.39 is 9.84 Å². The molecule has 1 heterocycles. The van der Waals surface area contributed by atoms with Gasteiger partial charge in [-0.15, -0.1) is 0 Å². The van der Waals surface area contributed by atoms with Gasteiger partial charge in [-0.1, -0.05) is 18.2 Å². The van der Waals surface area contributed by atoms with Crippen LogP contribution >= 0.6 is 0 Å². The summed E-state index contributed by atoms with van der Waals surface area (Å²) in [6.45, 7) is 0.413. The molecule has 7 heteroatoms. The lowest BCUT2D eigenvalue weighted by atomic mass is 10.2. The Labute approximate surface area is 141 Å². The third kappa shape index (κ3) is 3.51. The molecule has 1 aliphatic rings. The molecule has 0 aliphatic heterocycles. The minimum absolute atomic E-state index is 0.0274. The molecule has 1 N–H and O–H groups in total. The molecule has 1 aliphatic carbocycles. The molecular weight excluding hydrogens is 326 g/mol. The van der Waals surface area contributed by atoms with Gasteiger partial charge in [0.15, 0.2) is 9.84 Å². The highest BCUT2D eigenvalue weighted by Gasteiger charge is 2.22. The van der Waals surface area contributed by atoms with Crippen LogP contribution in [0.25, 0.3) is 0 Å². The van der Waals surface area contributed by atoms with Crippen LogP contribution in [0.4, 0.5) is 0 Å². The standard InChI is InChI=1S/C17H21N3O3S/c1-20(12-16-14-8-5-9-15(14)18-19-16)17(21)10-11-24(22,23)13-6-3-2-4-7-13/h2-4,6-7H,5,8-12H2,1H3,(H,18,19). The van der Waals surface area contributed by atoms with E-state index in [4.69, 9.17) is 0 Å². The fourth-order valence-electron chi connectivity index (χ4n) is 2.99. The molecule has 1 aromatic carbocycles. The van der Waals surface area contributed by atoms with Crippen LogP contribution in [0.5, 0.6) is 0 Å². The number of aryl methyl sites for hydroxylation is 1. The average Bonchev–Trinajstić information content (AvgIpc) is 3.18. The first-order chi connectivity index (χ1) is 11.5. The van der Waals surface area contributed by atoms with Crippen molar-refractivity contribution in [2.45, 2.75) is 37.1 Å². The number of benzene rings is 1. The molecule has 6 nitrogen and oxygen atoms in total. The lowest BCUT2D eigenvalue weighted by molar-refractivity contribution is -0.130. The molecule has 24 heavy (non-hydrogen) atoms. The first-order valence-electron chi connectivity index (χ1n) is 8.04. The van der Waals surface area contributed by atoms with Crippen LogP contribution in [-0.2, 0) is 34.0 Å². The normalized spacial score (nSPS) is 13.7. The van der Waals surface area contributed by atoms with Crippen molar-refractivity contribution in [1.29, 1.82) is 0 Å². The van der Waals surface area contributed by atoms with Gasteiger partial charge in [-0.25, -0.2) is 8.42 Å².